The van der Waals surface area contributed by atoms with E-state index in [-0.39, 0.29) is 11.8 Å². The van der Waals surface area contributed by atoms with Crippen LogP contribution < -0.4 is 0 Å². The number of H-pyrrole nitrogens is 1. The van der Waals surface area contributed by atoms with Crippen molar-refractivity contribution in [3.05, 3.63) is 11.6 Å². The highest BCUT2D eigenvalue weighted by Crippen LogP contribution is 2.22. The summed E-state index contributed by atoms with van der Waals surface area (Å²) >= 11 is 0. The van der Waals surface area contributed by atoms with Crippen LogP contribution in [0.2, 0.25) is 0 Å². The van der Waals surface area contributed by atoms with Crippen LogP contribution in [0, 0.1) is 0 Å². The van der Waals surface area contributed by atoms with Gasteiger partial charge < -0.3 is 4.90 Å². The minimum atomic E-state index is -0.0260. The molecule has 0 bridgehead atoms. The van der Waals surface area contributed by atoms with Gasteiger partial charge in [0.2, 0.25) is 5.82 Å². The number of hydrogen-bond acceptors (Lipinski definition) is 4. The molecule has 2 aliphatic rings. The van der Waals surface area contributed by atoms with Gasteiger partial charge in [0, 0.05) is 31.6 Å². The summed E-state index contributed by atoms with van der Waals surface area (Å²) in [5.74, 6) is 1.34. The Kier molecular flexibility index (Phi) is 3.74. The smallest absolute Gasteiger partial charge is 0.293 e. The van der Waals surface area contributed by atoms with Crippen LogP contribution in [0.5, 0.6) is 0 Å². The van der Waals surface area contributed by atoms with Crippen molar-refractivity contribution in [2.75, 3.05) is 26.2 Å². The molecule has 1 unspecified atom stereocenters. The summed E-state index contributed by atoms with van der Waals surface area (Å²) in [4.78, 5) is 21.3. The Morgan fingerprint density at radius 2 is 2.10 bits per heavy atom. The van der Waals surface area contributed by atoms with Crippen LogP contribution in [0.1, 0.15) is 55.5 Å². The van der Waals surface area contributed by atoms with E-state index in [9.17, 15) is 4.79 Å². The van der Waals surface area contributed by atoms with Gasteiger partial charge in [-0.3, -0.25) is 14.8 Å². The third-order valence-electron chi connectivity index (χ3n) is 4.33. The van der Waals surface area contributed by atoms with Crippen molar-refractivity contribution >= 4 is 5.91 Å². The lowest BCUT2D eigenvalue weighted by Gasteiger charge is -2.24. The van der Waals surface area contributed by atoms with Crippen LogP contribution in [0.4, 0.5) is 0 Å². The predicted octanol–water partition coefficient (Wildman–Crippen LogP) is 1.24. The first kappa shape index (κ1) is 13.5. The molecule has 6 nitrogen and oxygen atoms in total. The van der Waals surface area contributed by atoms with Crippen molar-refractivity contribution in [1.82, 2.24) is 25.0 Å². The zero-order valence-corrected chi connectivity index (χ0v) is 12.3. The molecule has 2 saturated heterocycles. The van der Waals surface area contributed by atoms with Gasteiger partial charge >= 0.3 is 0 Å². The van der Waals surface area contributed by atoms with E-state index in [0.29, 0.717) is 11.9 Å². The minimum Gasteiger partial charge on any atom is -0.334 e. The monoisotopic (exact) mass is 277 g/mol. The lowest BCUT2D eigenvalue weighted by molar-refractivity contribution is 0.0731. The van der Waals surface area contributed by atoms with E-state index in [1.165, 1.54) is 19.4 Å². The molecule has 6 heteroatoms. The Balaban J connectivity index is 1.72. The van der Waals surface area contributed by atoms with Crippen LogP contribution in [-0.4, -0.2) is 63.1 Å². The maximum atomic E-state index is 12.5. The number of aromatic amines is 1. The molecule has 3 heterocycles. The van der Waals surface area contributed by atoms with Crippen molar-refractivity contribution in [2.45, 2.75) is 45.1 Å². The number of rotatable bonds is 2. The molecule has 1 atom stereocenters. The number of aromatic nitrogens is 3. The first-order valence-electron chi connectivity index (χ1n) is 7.61. The van der Waals surface area contributed by atoms with E-state index >= 15 is 0 Å². The lowest BCUT2D eigenvalue weighted by Crippen LogP contribution is -2.40. The van der Waals surface area contributed by atoms with E-state index in [1.54, 1.807) is 0 Å². The molecule has 3 rings (SSSR count). The van der Waals surface area contributed by atoms with Crippen LogP contribution in [0.3, 0.4) is 0 Å². The number of hydrogen-bond donors (Lipinski definition) is 1. The number of amides is 1. The van der Waals surface area contributed by atoms with Crippen molar-refractivity contribution < 1.29 is 4.79 Å². The fourth-order valence-corrected chi connectivity index (χ4v) is 3.16. The van der Waals surface area contributed by atoms with Crippen LogP contribution >= 0.6 is 0 Å². The lowest BCUT2D eigenvalue weighted by atomic mass is 10.2. The van der Waals surface area contributed by atoms with Crippen molar-refractivity contribution in [3.63, 3.8) is 0 Å². The third-order valence-corrected chi connectivity index (χ3v) is 4.33. The molecule has 0 spiro atoms. The van der Waals surface area contributed by atoms with E-state index in [2.05, 4.69) is 20.1 Å². The summed E-state index contributed by atoms with van der Waals surface area (Å²) < 4.78 is 0. The average molecular weight is 277 g/mol. The third kappa shape index (κ3) is 2.57. The molecule has 1 aromatic heterocycles. The molecule has 1 N–H and O–H groups in total. The van der Waals surface area contributed by atoms with Crippen LogP contribution in [0.25, 0.3) is 0 Å². The van der Waals surface area contributed by atoms with Gasteiger partial charge in [0.1, 0.15) is 5.82 Å². The highest BCUT2D eigenvalue weighted by Gasteiger charge is 2.32. The maximum absolute atomic E-state index is 12.5. The molecule has 1 amide bonds. The first-order chi connectivity index (χ1) is 9.65. The quantitative estimate of drug-likeness (QED) is 0.883. The van der Waals surface area contributed by atoms with Crippen LogP contribution in [0.15, 0.2) is 0 Å². The molecule has 0 aromatic carbocycles. The second-order valence-corrected chi connectivity index (χ2v) is 6.14. The van der Waals surface area contributed by atoms with E-state index in [1.807, 2.05) is 18.7 Å². The van der Waals surface area contributed by atoms with Crippen LogP contribution in [-0.2, 0) is 0 Å². The number of carbonyl (C=O) groups excluding carboxylic acids is 1. The standard InChI is InChI=1S/C14H23N5O/c1-10(2)12-15-13(17-16-12)14(20)19-8-4-7-18-6-3-5-11(18)9-19/h10-11H,3-9H2,1-2H3,(H,15,16,17). The number of nitrogens with zero attached hydrogens (tertiary/aromatic N) is 4. The second-order valence-electron chi connectivity index (χ2n) is 6.14. The fourth-order valence-electron chi connectivity index (χ4n) is 3.16. The molecule has 0 radical (unpaired) electrons. The summed E-state index contributed by atoms with van der Waals surface area (Å²) in [6.45, 7) is 8.01. The Morgan fingerprint density at radius 1 is 1.30 bits per heavy atom. The van der Waals surface area contributed by atoms with Gasteiger partial charge in [-0.05, 0) is 25.8 Å². The van der Waals surface area contributed by atoms with Crippen molar-refractivity contribution in [2.24, 2.45) is 0 Å². The Bertz CT molecular complexity index is 484. The zero-order chi connectivity index (χ0) is 14.1. The number of fused-ring (bicyclic) bond motifs is 1. The van der Waals surface area contributed by atoms with E-state index in [0.717, 1.165) is 31.9 Å². The zero-order valence-electron chi connectivity index (χ0n) is 12.3. The molecule has 2 aliphatic heterocycles. The van der Waals surface area contributed by atoms with Gasteiger partial charge in [-0.2, -0.15) is 0 Å². The number of nitrogens with one attached hydrogen (secondary N) is 1. The Labute approximate surface area is 119 Å². The summed E-state index contributed by atoms with van der Waals surface area (Å²) in [6, 6.07) is 0.532. The van der Waals surface area contributed by atoms with Gasteiger partial charge in [-0.15, -0.1) is 5.10 Å². The largest absolute Gasteiger partial charge is 0.334 e. The van der Waals surface area contributed by atoms with Crippen molar-refractivity contribution in [3.8, 4) is 0 Å². The molecule has 2 fully saturated rings. The SMILES string of the molecule is CC(C)c1nc(C(=O)N2CCCN3CCCC3C2)n[nH]1. The first-order valence-corrected chi connectivity index (χ1v) is 7.61. The molecular formula is C14H23N5O. The number of carbonyl (C=O) groups is 1. The minimum absolute atomic E-state index is 0.0260. The topological polar surface area (TPSA) is 65.1 Å². The average Bonchev–Trinajstić information content (AvgIpc) is 3.03. The van der Waals surface area contributed by atoms with Gasteiger partial charge in [0.25, 0.3) is 5.91 Å². The summed E-state index contributed by atoms with van der Waals surface area (Å²) in [6.07, 6.45) is 3.50. The molecular weight excluding hydrogens is 254 g/mol. The molecule has 20 heavy (non-hydrogen) atoms. The maximum Gasteiger partial charge on any atom is 0.293 e. The van der Waals surface area contributed by atoms with Gasteiger partial charge in [-0.1, -0.05) is 13.8 Å². The molecule has 110 valence electrons. The normalized spacial score (nSPS) is 23.9. The second kappa shape index (κ2) is 5.52. The van der Waals surface area contributed by atoms with Crippen molar-refractivity contribution in [1.29, 1.82) is 0 Å². The van der Waals surface area contributed by atoms with Gasteiger partial charge in [-0.25, -0.2) is 4.98 Å². The summed E-state index contributed by atoms with van der Waals surface area (Å²) in [5, 5.41) is 6.96. The molecule has 1 aromatic rings. The molecule has 0 aliphatic carbocycles. The molecule has 0 saturated carbocycles. The summed E-state index contributed by atoms with van der Waals surface area (Å²) in [7, 11) is 0. The van der Waals surface area contributed by atoms with E-state index < -0.39 is 0 Å². The van der Waals surface area contributed by atoms with Gasteiger partial charge in [0.15, 0.2) is 0 Å². The van der Waals surface area contributed by atoms with Gasteiger partial charge in [0.05, 0.1) is 0 Å². The summed E-state index contributed by atoms with van der Waals surface area (Å²) in [5.41, 5.74) is 0. The van der Waals surface area contributed by atoms with E-state index in [4.69, 9.17) is 0 Å². The predicted molar refractivity (Wildman–Crippen MR) is 75.6 cm³/mol. The Hall–Kier alpha value is -1.43. The fraction of sp³-hybridized carbons (Fsp3) is 0.786. The highest BCUT2D eigenvalue weighted by atomic mass is 16.2. The highest BCUT2D eigenvalue weighted by molar-refractivity contribution is 5.90. The Morgan fingerprint density at radius 3 is 2.85 bits per heavy atom.